The number of hydrogen-bond donors (Lipinski definition) is 0. The van der Waals surface area contributed by atoms with Gasteiger partial charge in [0.25, 0.3) is 0 Å². The van der Waals surface area contributed by atoms with Crippen molar-refractivity contribution in [3.63, 3.8) is 0 Å². The summed E-state index contributed by atoms with van der Waals surface area (Å²) in [7, 11) is 0. The van der Waals surface area contributed by atoms with E-state index >= 15 is 0 Å². The predicted molar refractivity (Wildman–Crippen MR) is 81.5 cm³/mol. The van der Waals surface area contributed by atoms with Crippen molar-refractivity contribution in [1.82, 2.24) is 0 Å². The topological polar surface area (TPSA) is 35.5 Å². The van der Waals surface area contributed by atoms with Crippen LogP contribution in [0.5, 0.6) is 0 Å². The molecule has 0 aromatic rings. The second-order valence-electron chi connectivity index (χ2n) is 6.84. The monoisotopic (exact) mass is 282 g/mol. The molecule has 3 heteroatoms. The molecule has 1 saturated heterocycles. The Balaban J connectivity index is 3.00. The van der Waals surface area contributed by atoms with Crippen molar-refractivity contribution in [1.29, 1.82) is 0 Å². The van der Waals surface area contributed by atoms with E-state index in [1.165, 1.54) is 5.57 Å². The van der Waals surface area contributed by atoms with Crippen molar-refractivity contribution < 1.29 is 14.3 Å². The first kappa shape index (κ1) is 17.4. The van der Waals surface area contributed by atoms with Gasteiger partial charge in [0.2, 0.25) is 0 Å². The third-order valence-electron chi connectivity index (χ3n) is 4.74. The van der Waals surface area contributed by atoms with Gasteiger partial charge in [-0.1, -0.05) is 25.5 Å². The molecule has 1 aliphatic heterocycles. The van der Waals surface area contributed by atoms with Crippen LogP contribution in [0.15, 0.2) is 11.6 Å². The maximum atomic E-state index is 11.3. The Morgan fingerprint density at radius 1 is 1.35 bits per heavy atom. The standard InChI is InChI=1S/C17H30O3/c1-8-12(2)9-13(3)15-11-19-16(5,6)20-17(15,7)14(4)10-18/h8,10,13-15H,9,11H2,1-7H3/b12-8+. The molecule has 0 spiro atoms. The van der Waals surface area contributed by atoms with Gasteiger partial charge < -0.3 is 14.3 Å². The minimum atomic E-state index is -0.627. The van der Waals surface area contributed by atoms with Crippen molar-refractivity contribution >= 4 is 6.29 Å². The van der Waals surface area contributed by atoms with Gasteiger partial charge in [0.15, 0.2) is 5.79 Å². The average Bonchev–Trinajstić information content (AvgIpc) is 2.36. The van der Waals surface area contributed by atoms with Gasteiger partial charge in [-0.25, -0.2) is 0 Å². The molecule has 0 aromatic heterocycles. The lowest BCUT2D eigenvalue weighted by molar-refractivity contribution is -0.341. The highest BCUT2D eigenvalue weighted by Crippen LogP contribution is 2.43. The van der Waals surface area contributed by atoms with Crippen molar-refractivity contribution in [2.75, 3.05) is 6.61 Å². The summed E-state index contributed by atoms with van der Waals surface area (Å²) in [5.74, 6) is -0.151. The molecule has 20 heavy (non-hydrogen) atoms. The van der Waals surface area contributed by atoms with E-state index in [0.717, 1.165) is 12.7 Å². The molecule has 4 atom stereocenters. The summed E-state index contributed by atoms with van der Waals surface area (Å²) >= 11 is 0. The molecule has 1 aliphatic rings. The quantitative estimate of drug-likeness (QED) is 0.565. The second kappa shape index (κ2) is 6.40. The molecule has 3 nitrogen and oxygen atoms in total. The molecule has 0 aromatic carbocycles. The maximum Gasteiger partial charge on any atom is 0.163 e. The first-order valence-corrected chi connectivity index (χ1v) is 7.57. The van der Waals surface area contributed by atoms with Crippen LogP contribution in [0, 0.1) is 17.8 Å². The van der Waals surface area contributed by atoms with Crippen molar-refractivity contribution in [2.24, 2.45) is 17.8 Å². The normalized spacial score (nSPS) is 33.5. The summed E-state index contributed by atoms with van der Waals surface area (Å²) in [5.41, 5.74) is 0.889. The molecule has 1 fully saturated rings. The Morgan fingerprint density at radius 2 is 1.95 bits per heavy atom. The highest BCUT2D eigenvalue weighted by atomic mass is 16.7. The van der Waals surface area contributed by atoms with Crippen LogP contribution < -0.4 is 0 Å². The van der Waals surface area contributed by atoms with E-state index < -0.39 is 11.4 Å². The first-order valence-electron chi connectivity index (χ1n) is 7.57. The molecular weight excluding hydrogens is 252 g/mol. The third-order valence-corrected chi connectivity index (χ3v) is 4.74. The molecule has 0 bridgehead atoms. The molecule has 116 valence electrons. The zero-order chi connectivity index (χ0) is 15.6. The molecule has 1 heterocycles. The Morgan fingerprint density at radius 3 is 2.45 bits per heavy atom. The Labute approximate surface area is 123 Å². The molecule has 0 saturated carbocycles. The van der Waals surface area contributed by atoms with E-state index in [2.05, 4.69) is 33.8 Å². The van der Waals surface area contributed by atoms with E-state index in [-0.39, 0.29) is 11.8 Å². The highest BCUT2D eigenvalue weighted by molar-refractivity contribution is 5.55. The Kier molecular flexibility index (Phi) is 5.56. The smallest absolute Gasteiger partial charge is 0.163 e. The Bertz CT molecular complexity index is 372. The van der Waals surface area contributed by atoms with E-state index in [1.54, 1.807) is 0 Å². The van der Waals surface area contributed by atoms with Gasteiger partial charge in [-0.15, -0.1) is 0 Å². The fraction of sp³-hybridized carbons (Fsp3) is 0.824. The minimum absolute atomic E-state index is 0.149. The van der Waals surface area contributed by atoms with Crippen LogP contribution in [0.25, 0.3) is 0 Å². The lowest BCUT2D eigenvalue weighted by atomic mass is 9.71. The van der Waals surface area contributed by atoms with E-state index in [9.17, 15) is 4.79 Å². The van der Waals surface area contributed by atoms with Gasteiger partial charge in [0.05, 0.1) is 12.2 Å². The third kappa shape index (κ3) is 3.70. The molecule has 0 radical (unpaired) electrons. The fourth-order valence-corrected chi connectivity index (χ4v) is 3.15. The van der Waals surface area contributed by atoms with Crippen molar-refractivity contribution in [3.05, 3.63) is 11.6 Å². The molecule has 0 N–H and O–H groups in total. The van der Waals surface area contributed by atoms with Gasteiger partial charge in [0, 0.05) is 11.8 Å². The fourth-order valence-electron chi connectivity index (χ4n) is 3.15. The zero-order valence-corrected chi connectivity index (χ0v) is 14.0. The van der Waals surface area contributed by atoms with Gasteiger partial charge in [-0.3, -0.25) is 0 Å². The maximum absolute atomic E-state index is 11.3. The zero-order valence-electron chi connectivity index (χ0n) is 14.0. The highest BCUT2D eigenvalue weighted by Gasteiger charge is 2.50. The number of aldehydes is 1. The number of rotatable bonds is 5. The number of allylic oxidation sites excluding steroid dienone is 2. The van der Waals surface area contributed by atoms with Gasteiger partial charge >= 0.3 is 0 Å². The van der Waals surface area contributed by atoms with Crippen LogP contribution in [0.4, 0.5) is 0 Å². The predicted octanol–water partition coefficient (Wildman–Crippen LogP) is 3.97. The van der Waals surface area contributed by atoms with Crippen LogP contribution in [-0.2, 0) is 14.3 Å². The summed E-state index contributed by atoms with van der Waals surface area (Å²) in [6.07, 6.45) is 4.16. The Hall–Kier alpha value is -0.670. The van der Waals surface area contributed by atoms with E-state index in [4.69, 9.17) is 9.47 Å². The lowest BCUT2D eigenvalue weighted by Gasteiger charge is -2.52. The first-order chi connectivity index (χ1) is 9.16. The van der Waals surface area contributed by atoms with Crippen molar-refractivity contribution in [2.45, 2.75) is 66.3 Å². The van der Waals surface area contributed by atoms with Crippen molar-refractivity contribution in [3.8, 4) is 0 Å². The minimum Gasteiger partial charge on any atom is -0.350 e. The molecule has 1 rings (SSSR count). The summed E-state index contributed by atoms with van der Waals surface area (Å²) < 4.78 is 12.0. The molecule has 0 amide bonds. The number of carbonyl (C=O) groups excluding carboxylic acids is 1. The summed E-state index contributed by atoms with van der Waals surface area (Å²) in [4.78, 5) is 11.3. The van der Waals surface area contributed by atoms with Crippen LogP contribution in [0.2, 0.25) is 0 Å². The van der Waals surface area contributed by atoms with E-state index in [1.807, 2.05) is 20.8 Å². The van der Waals surface area contributed by atoms with Crippen LogP contribution in [0.3, 0.4) is 0 Å². The number of carbonyl (C=O) groups is 1. The van der Waals surface area contributed by atoms with Crippen LogP contribution >= 0.6 is 0 Å². The van der Waals surface area contributed by atoms with Gasteiger partial charge in [-0.05, 0) is 47.0 Å². The van der Waals surface area contributed by atoms with E-state index in [0.29, 0.717) is 12.5 Å². The number of ether oxygens (including phenoxy) is 2. The SMILES string of the molecule is C/C=C(\C)CC(C)C1COC(C)(C)OC1(C)C(C)C=O. The largest absolute Gasteiger partial charge is 0.350 e. The second-order valence-corrected chi connectivity index (χ2v) is 6.84. The molecule has 4 unspecified atom stereocenters. The van der Waals surface area contributed by atoms with Crippen LogP contribution in [0.1, 0.15) is 54.9 Å². The summed E-state index contributed by atoms with van der Waals surface area (Å²) in [6.45, 7) is 14.9. The van der Waals surface area contributed by atoms with Gasteiger partial charge in [0.1, 0.15) is 6.29 Å². The lowest BCUT2D eigenvalue weighted by Crippen LogP contribution is -2.58. The summed E-state index contributed by atoms with van der Waals surface area (Å²) in [5, 5.41) is 0. The molecular formula is C17H30O3. The number of hydrogen-bond acceptors (Lipinski definition) is 3. The molecule has 0 aliphatic carbocycles. The average molecular weight is 282 g/mol. The van der Waals surface area contributed by atoms with Gasteiger partial charge in [-0.2, -0.15) is 0 Å². The summed E-state index contributed by atoms with van der Waals surface area (Å²) in [6, 6.07) is 0. The van der Waals surface area contributed by atoms with Crippen LogP contribution in [-0.4, -0.2) is 24.3 Å².